The van der Waals surface area contributed by atoms with Crippen LogP contribution in [0.15, 0.2) is 40.4 Å². The summed E-state index contributed by atoms with van der Waals surface area (Å²) >= 11 is 12.1. The van der Waals surface area contributed by atoms with Gasteiger partial charge in [0.15, 0.2) is 0 Å². The molecule has 0 bridgehead atoms. The van der Waals surface area contributed by atoms with Crippen molar-refractivity contribution in [3.8, 4) is 11.8 Å². The van der Waals surface area contributed by atoms with Crippen molar-refractivity contribution in [2.75, 3.05) is 26.3 Å². The summed E-state index contributed by atoms with van der Waals surface area (Å²) in [6.07, 6.45) is 3.86. The maximum Gasteiger partial charge on any atom is 0.144 e. The minimum atomic E-state index is -1.35. The first-order valence-electron chi connectivity index (χ1n) is 8.19. The Balaban J connectivity index is 1.58. The van der Waals surface area contributed by atoms with Gasteiger partial charge in [0.25, 0.3) is 0 Å². The van der Waals surface area contributed by atoms with E-state index >= 15 is 0 Å². The second-order valence-corrected chi connectivity index (χ2v) is 9.13. The van der Waals surface area contributed by atoms with Gasteiger partial charge in [-0.25, -0.2) is 12.9 Å². The van der Waals surface area contributed by atoms with E-state index < -0.39 is 22.2 Å². The Labute approximate surface area is 169 Å². The number of hydrogen-bond donors (Lipinski definition) is 1. The lowest BCUT2D eigenvalue weighted by Gasteiger charge is -2.48. The first-order valence-corrected chi connectivity index (χ1v) is 10.1. The van der Waals surface area contributed by atoms with Gasteiger partial charge in [0, 0.05) is 29.2 Å². The number of halogens is 3. The zero-order valence-corrected chi connectivity index (χ0v) is 16.5. The summed E-state index contributed by atoms with van der Waals surface area (Å²) in [5.41, 5.74) is -0.644. The van der Waals surface area contributed by atoms with Gasteiger partial charge >= 0.3 is 0 Å². The molecule has 144 valence electrons. The van der Waals surface area contributed by atoms with E-state index in [2.05, 4.69) is 0 Å². The molecule has 9 heteroatoms. The zero-order chi connectivity index (χ0) is 19.6. The third-order valence-electron chi connectivity index (χ3n) is 4.57. The lowest BCUT2D eigenvalue weighted by Crippen LogP contribution is -2.62. The lowest BCUT2D eigenvalue weighted by atomic mass is 9.83. The Morgan fingerprint density at radius 2 is 2.19 bits per heavy atom. The smallest absolute Gasteiger partial charge is 0.144 e. The van der Waals surface area contributed by atoms with E-state index in [-0.39, 0.29) is 29.8 Å². The maximum atomic E-state index is 13.7. The van der Waals surface area contributed by atoms with Gasteiger partial charge in [-0.3, -0.25) is 0 Å². The molecule has 3 rings (SSSR count). The van der Waals surface area contributed by atoms with Crippen LogP contribution in [0.3, 0.4) is 0 Å². The molecule has 0 spiro atoms. The summed E-state index contributed by atoms with van der Waals surface area (Å²) in [4.78, 5) is 0. The van der Waals surface area contributed by atoms with E-state index in [0.717, 1.165) is 6.07 Å². The third kappa shape index (κ3) is 4.36. The highest BCUT2D eigenvalue weighted by Gasteiger charge is 2.47. The number of hydrogen-bond acceptors (Lipinski definition) is 4. The van der Waals surface area contributed by atoms with E-state index in [1.54, 1.807) is 22.5 Å². The fourth-order valence-electron chi connectivity index (χ4n) is 2.95. The average Bonchev–Trinajstić information content (AvgIpc) is 2.61. The maximum absolute atomic E-state index is 13.7. The van der Waals surface area contributed by atoms with Gasteiger partial charge in [-0.15, -0.1) is 0 Å². The number of rotatable bonds is 6. The second-order valence-electron chi connectivity index (χ2n) is 6.62. The first-order chi connectivity index (χ1) is 12.9. The van der Waals surface area contributed by atoms with E-state index in [9.17, 15) is 13.7 Å². The number of allylic oxidation sites excluding steroid dienone is 3. The number of nitrogens with zero attached hydrogens (tertiary/aromatic N) is 2. The van der Waals surface area contributed by atoms with E-state index in [1.165, 1.54) is 12.1 Å². The largest absolute Gasteiger partial charge is 0.493 e. The Kier molecular flexibility index (Phi) is 6.24. The molecule has 0 radical (unpaired) electrons. The molecule has 0 saturated carbocycles. The molecule has 0 aromatic heterocycles. The van der Waals surface area contributed by atoms with Crippen LogP contribution >= 0.6 is 23.2 Å². The molecule has 1 heterocycles. The summed E-state index contributed by atoms with van der Waals surface area (Å²) in [5.74, 6) is -0.383. The van der Waals surface area contributed by atoms with Crippen LogP contribution in [0.5, 0.6) is 5.75 Å². The van der Waals surface area contributed by atoms with Crippen molar-refractivity contribution in [3.05, 3.63) is 51.8 Å². The molecule has 2 aliphatic rings. The Morgan fingerprint density at radius 3 is 2.78 bits per heavy atom. The van der Waals surface area contributed by atoms with Crippen molar-refractivity contribution in [2.24, 2.45) is 5.41 Å². The fraction of sp³-hybridized carbons (Fsp3) is 0.389. The van der Waals surface area contributed by atoms with Crippen LogP contribution < -0.4 is 4.74 Å². The van der Waals surface area contributed by atoms with Crippen LogP contribution in [0.1, 0.15) is 12.0 Å². The molecule has 2 unspecified atom stereocenters. The molecule has 1 aromatic rings. The molecular weight excluding hydrogens is 414 g/mol. The molecular formula is C18H17Cl2FN2O3S. The van der Waals surface area contributed by atoms with Crippen molar-refractivity contribution < 1.29 is 18.4 Å². The van der Waals surface area contributed by atoms with E-state index in [0.29, 0.717) is 29.6 Å². The fourth-order valence-corrected chi connectivity index (χ4v) is 5.33. The van der Waals surface area contributed by atoms with Crippen molar-refractivity contribution in [1.82, 2.24) is 4.31 Å². The summed E-state index contributed by atoms with van der Waals surface area (Å²) in [6, 6.07) is 5.73. The highest BCUT2D eigenvalue weighted by molar-refractivity contribution is 7.83. The number of nitriles is 1. The number of ether oxygens (including phenoxy) is 1. The molecule has 1 aliphatic carbocycles. The van der Waals surface area contributed by atoms with Gasteiger partial charge < -0.3 is 9.84 Å². The molecule has 1 fully saturated rings. The van der Waals surface area contributed by atoms with Crippen molar-refractivity contribution >= 4 is 34.2 Å². The third-order valence-corrected chi connectivity index (χ3v) is 7.04. The number of benzene rings is 1. The van der Waals surface area contributed by atoms with Gasteiger partial charge in [-0.1, -0.05) is 29.3 Å². The van der Waals surface area contributed by atoms with Crippen molar-refractivity contribution in [3.63, 3.8) is 0 Å². The van der Waals surface area contributed by atoms with E-state index in [4.69, 9.17) is 33.2 Å². The normalized spacial score (nSPS) is 22.9. The highest BCUT2D eigenvalue weighted by Crippen LogP contribution is 2.36. The van der Waals surface area contributed by atoms with Gasteiger partial charge in [0.2, 0.25) is 0 Å². The molecule has 27 heavy (non-hydrogen) atoms. The van der Waals surface area contributed by atoms with Crippen molar-refractivity contribution in [2.45, 2.75) is 11.7 Å². The quantitative estimate of drug-likeness (QED) is 0.752. The minimum Gasteiger partial charge on any atom is -0.493 e. The van der Waals surface area contributed by atoms with Crippen LogP contribution in [0.25, 0.3) is 0 Å². The Bertz CT molecular complexity index is 863. The second kappa shape index (κ2) is 8.29. The molecule has 1 aromatic carbocycles. The average molecular weight is 431 g/mol. The van der Waals surface area contributed by atoms with Crippen LogP contribution in [-0.4, -0.2) is 45.2 Å². The summed E-state index contributed by atoms with van der Waals surface area (Å²) in [7, 11) is -1.35. The minimum absolute atomic E-state index is 0.0593. The van der Waals surface area contributed by atoms with Gasteiger partial charge in [-0.2, -0.15) is 5.26 Å². The highest BCUT2D eigenvalue weighted by atomic mass is 35.5. The first kappa shape index (κ1) is 20.3. The summed E-state index contributed by atoms with van der Waals surface area (Å²) < 4.78 is 33.7. The number of aliphatic hydroxyl groups is 1. The topological polar surface area (TPSA) is 73.6 Å². The van der Waals surface area contributed by atoms with Crippen LogP contribution in [0, 0.1) is 22.6 Å². The Morgan fingerprint density at radius 1 is 1.44 bits per heavy atom. The number of aliphatic hydroxyl groups excluding tert-OH is 1. The summed E-state index contributed by atoms with van der Waals surface area (Å²) in [6.45, 7) is 0.724. The molecule has 1 aliphatic heterocycles. The van der Waals surface area contributed by atoms with Gasteiger partial charge in [-0.05, 0) is 24.6 Å². The molecule has 1 saturated heterocycles. The van der Waals surface area contributed by atoms with Crippen LogP contribution in [0.2, 0.25) is 0 Å². The molecule has 2 atom stereocenters. The summed E-state index contributed by atoms with van der Waals surface area (Å²) in [5, 5.41) is 19.1. The molecule has 0 amide bonds. The Hall–Kier alpha value is -1.43. The SMILES string of the molecule is N#Cc1ccc(OCC2(CO)CN(S(=O)C3CC=C(Cl)C=C3Cl)C2)cc1F. The van der Waals surface area contributed by atoms with Crippen LogP contribution in [-0.2, 0) is 11.0 Å². The van der Waals surface area contributed by atoms with E-state index in [1.807, 2.05) is 0 Å². The molecule has 1 N–H and O–H groups in total. The predicted molar refractivity (Wildman–Crippen MR) is 102 cm³/mol. The monoisotopic (exact) mass is 430 g/mol. The molecule has 5 nitrogen and oxygen atoms in total. The zero-order valence-electron chi connectivity index (χ0n) is 14.2. The van der Waals surface area contributed by atoms with Crippen LogP contribution in [0.4, 0.5) is 4.39 Å². The lowest BCUT2D eigenvalue weighted by molar-refractivity contribution is -0.0252. The van der Waals surface area contributed by atoms with Crippen molar-refractivity contribution in [1.29, 1.82) is 5.26 Å². The predicted octanol–water partition coefficient (Wildman–Crippen LogP) is 3.05. The van der Waals surface area contributed by atoms with Gasteiger partial charge in [0.1, 0.15) is 28.6 Å². The standard InChI is InChI=1S/C18H17Cl2FN2O3S/c19-13-2-4-17(15(20)5-13)27(25)23-8-18(9-23,10-24)11-26-14-3-1-12(7-22)16(21)6-14/h1-3,5-6,17,24H,4,8-11H2. The van der Waals surface area contributed by atoms with Gasteiger partial charge in [0.05, 0.1) is 29.4 Å².